The van der Waals surface area contributed by atoms with Crippen LogP contribution in [0, 0.1) is 11.8 Å². The van der Waals surface area contributed by atoms with Crippen molar-refractivity contribution in [3.63, 3.8) is 0 Å². The second kappa shape index (κ2) is 7.12. The molecule has 0 radical (unpaired) electrons. The summed E-state index contributed by atoms with van der Waals surface area (Å²) in [6, 6.07) is 13.3. The molecular formula is C24H26O3. The highest BCUT2D eigenvalue weighted by Crippen LogP contribution is 2.44. The van der Waals surface area contributed by atoms with Crippen LogP contribution in [0.4, 0.5) is 0 Å². The Morgan fingerprint density at radius 3 is 2.33 bits per heavy atom. The van der Waals surface area contributed by atoms with Crippen LogP contribution in [0.1, 0.15) is 68.1 Å². The molecule has 0 aliphatic carbocycles. The third-order valence-corrected chi connectivity index (χ3v) is 4.71. The molecule has 1 heterocycles. The molecule has 1 aliphatic rings. The van der Waals surface area contributed by atoms with Gasteiger partial charge in [-0.25, -0.2) is 4.79 Å². The fourth-order valence-electron chi connectivity index (χ4n) is 3.77. The number of carbonyl (C=O) groups excluding carboxylic acids is 1. The summed E-state index contributed by atoms with van der Waals surface area (Å²) in [4.78, 5) is 11.7. The van der Waals surface area contributed by atoms with E-state index in [-0.39, 0.29) is 17.0 Å². The fourth-order valence-corrected chi connectivity index (χ4v) is 3.77. The lowest BCUT2D eigenvalue weighted by Gasteiger charge is -2.42. The van der Waals surface area contributed by atoms with Gasteiger partial charge >= 0.3 is 5.97 Å². The first-order valence-corrected chi connectivity index (χ1v) is 9.33. The molecule has 0 aromatic heterocycles. The molecule has 0 saturated heterocycles. The summed E-state index contributed by atoms with van der Waals surface area (Å²) in [7, 11) is 0. The van der Waals surface area contributed by atoms with E-state index in [0.29, 0.717) is 12.2 Å². The first kappa shape index (κ1) is 19.0. The summed E-state index contributed by atoms with van der Waals surface area (Å²) in [6.07, 6.45) is 0.958. The number of hydrogen-bond acceptors (Lipinski definition) is 3. The van der Waals surface area contributed by atoms with Crippen LogP contribution < -0.4 is 4.74 Å². The second-order valence-corrected chi connectivity index (χ2v) is 8.18. The molecule has 0 spiro atoms. The smallest absolute Gasteiger partial charge is 0.338 e. The first-order valence-electron chi connectivity index (χ1n) is 9.33. The Morgan fingerprint density at radius 2 is 1.67 bits per heavy atom. The standard InChI is InChI=1S/C24H26O3/c1-6-26-22(25)19-12-9-17(10-13-19)7-8-18-11-14-21-20(15-18)23(2,3)16-24(4,5)27-21/h9-15H,6,16H2,1-5H3. The zero-order chi connectivity index (χ0) is 19.7. The third kappa shape index (κ3) is 4.34. The predicted molar refractivity (Wildman–Crippen MR) is 107 cm³/mol. The first-order chi connectivity index (χ1) is 12.7. The molecule has 3 nitrogen and oxygen atoms in total. The number of hydrogen-bond donors (Lipinski definition) is 0. The highest BCUT2D eigenvalue weighted by Gasteiger charge is 2.38. The molecule has 0 bridgehead atoms. The lowest BCUT2D eigenvalue weighted by atomic mass is 9.73. The summed E-state index contributed by atoms with van der Waals surface area (Å²) < 4.78 is 11.1. The van der Waals surface area contributed by atoms with Crippen molar-refractivity contribution in [2.75, 3.05) is 6.61 Å². The van der Waals surface area contributed by atoms with Crippen molar-refractivity contribution in [2.24, 2.45) is 0 Å². The Kier molecular flexibility index (Phi) is 5.02. The lowest BCUT2D eigenvalue weighted by Crippen LogP contribution is -2.41. The van der Waals surface area contributed by atoms with Crippen LogP contribution in [0.3, 0.4) is 0 Å². The van der Waals surface area contributed by atoms with Gasteiger partial charge in [0.05, 0.1) is 12.2 Å². The zero-order valence-electron chi connectivity index (χ0n) is 16.7. The minimum atomic E-state index is -0.308. The maximum absolute atomic E-state index is 11.7. The Morgan fingerprint density at radius 1 is 1.04 bits per heavy atom. The van der Waals surface area contributed by atoms with Gasteiger partial charge in [-0.05, 0) is 75.1 Å². The van der Waals surface area contributed by atoms with Crippen molar-refractivity contribution >= 4 is 5.97 Å². The van der Waals surface area contributed by atoms with Gasteiger partial charge in [0.2, 0.25) is 0 Å². The van der Waals surface area contributed by atoms with Gasteiger partial charge in [0.15, 0.2) is 0 Å². The number of benzene rings is 2. The number of fused-ring (bicyclic) bond motifs is 1. The molecule has 3 heteroatoms. The van der Waals surface area contributed by atoms with Crippen molar-refractivity contribution in [3.8, 4) is 17.6 Å². The van der Waals surface area contributed by atoms with Crippen molar-refractivity contribution in [1.82, 2.24) is 0 Å². The molecule has 2 aromatic carbocycles. The van der Waals surface area contributed by atoms with E-state index in [9.17, 15) is 4.79 Å². The molecule has 0 N–H and O–H groups in total. The maximum atomic E-state index is 11.7. The number of esters is 1. The van der Waals surface area contributed by atoms with E-state index in [1.807, 2.05) is 24.3 Å². The average molecular weight is 362 g/mol. The highest BCUT2D eigenvalue weighted by molar-refractivity contribution is 5.89. The van der Waals surface area contributed by atoms with Gasteiger partial charge < -0.3 is 9.47 Å². The normalized spacial score (nSPS) is 16.3. The van der Waals surface area contributed by atoms with Crippen molar-refractivity contribution in [3.05, 3.63) is 64.7 Å². The van der Waals surface area contributed by atoms with Crippen molar-refractivity contribution in [2.45, 2.75) is 52.1 Å². The largest absolute Gasteiger partial charge is 0.488 e. The molecule has 0 saturated carbocycles. The quantitative estimate of drug-likeness (QED) is 0.551. The van der Waals surface area contributed by atoms with E-state index >= 15 is 0 Å². The molecule has 0 unspecified atom stereocenters. The highest BCUT2D eigenvalue weighted by atomic mass is 16.5. The molecule has 2 aromatic rings. The van der Waals surface area contributed by atoms with Gasteiger partial charge in [-0.3, -0.25) is 0 Å². The number of carbonyl (C=O) groups is 1. The zero-order valence-corrected chi connectivity index (χ0v) is 16.7. The van der Waals surface area contributed by atoms with Gasteiger partial charge in [0, 0.05) is 16.7 Å². The summed E-state index contributed by atoms with van der Waals surface area (Å²) in [6.45, 7) is 10.9. The molecule has 0 fully saturated rings. The SMILES string of the molecule is CCOC(=O)c1ccc(C#Cc2ccc3c(c2)C(C)(C)CC(C)(C)O3)cc1. The van der Waals surface area contributed by atoms with E-state index in [1.165, 1.54) is 5.56 Å². The van der Waals surface area contributed by atoms with Crippen LogP contribution in [0.15, 0.2) is 42.5 Å². The Balaban J connectivity index is 1.83. The molecule has 27 heavy (non-hydrogen) atoms. The summed E-state index contributed by atoms with van der Waals surface area (Å²) in [5.74, 6) is 7.02. The van der Waals surface area contributed by atoms with E-state index < -0.39 is 0 Å². The van der Waals surface area contributed by atoms with Crippen LogP contribution in [-0.4, -0.2) is 18.2 Å². The topological polar surface area (TPSA) is 35.5 Å². The van der Waals surface area contributed by atoms with Gasteiger partial charge in [-0.15, -0.1) is 0 Å². The van der Waals surface area contributed by atoms with Crippen LogP contribution in [0.25, 0.3) is 0 Å². The molecule has 1 aliphatic heterocycles. The Hall–Kier alpha value is -2.73. The van der Waals surface area contributed by atoms with Crippen LogP contribution in [0.2, 0.25) is 0 Å². The number of ether oxygens (including phenoxy) is 2. The Labute approximate surface area is 161 Å². The molecule has 140 valence electrons. The Bertz CT molecular complexity index is 909. The maximum Gasteiger partial charge on any atom is 0.338 e. The summed E-state index contributed by atoms with van der Waals surface area (Å²) in [5, 5.41) is 0. The predicted octanol–water partition coefficient (Wildman–Crippen LogP) is 5.10. The monoisotopic (exact) mass is 362 g/mol. The third-order valence-electron chi connectivity index (χ3n) is 4.71. The van der Waals surface area contributed by atoms with Gasteiger partial charge in [0.1, 0.15) is 11.4 Å². The van der Waals surface area contributed by atoms with Crippen molar-refractivity contribution < 1.29 is 14.3 Å². The van der Waals surface area contributed by atoms with Gasteiger partial charge in [0.25, 0.3) is 0 Å². The van der Waals surface area contributed by atoms with Crippen LogP contribution in [0.5, 0.6) is 5.75 Å². The number of rotatable bonds is 2. The molecule has 0 amide bonds. The van der Waals surface area contributed by atoms with E-state index in [2.05, 4.69) is 45.6 Å². The minimum Gasteiger partial charge on any atom is -0.488 e. The summed E-state index contributed by atoms with van der Waals surface area (Å²) >= 11 is 0. The minimum absolute atomic E-state index is 0.0378. The average Bonchev–Trinajstić information content (AvgIpc) is 2.59. The van der Waals surface area contributed by atoms with Crippen LogP contribution >= 0.6 is 0 Å². The fraction of sp³-hybridized carbons (Fsp3) is 0.375. The summed E-state index contributed by atoms with van der Waals surface area (Å²) in [5.41, 5.74) is 3.43. The van der Waals surface area contributed by atoms with Crippen molar-refractivity contribution in [1.29, 1.82) is 0 Å². The van der Waals surface area contributed by atoms with Crippen LogP contribution in [-0.2, 0) is 10.2 Å². The van der Waals surface area contributed by atoms with E-state index in [4.69, 9.17) is 9.47 Å². The molecule has 3 rings (SSSR count). The molecular weight excluding hydrogens is 336 g/mol. The van der Waals surface area contributed by atoms with Gasteiger partial charge in [-0.2, -0.15) is 0 Å². The second-order valence-electron chi connectivity index (χ2n) is 8.18. The van der Waals surface area contributed by atoms with Gasteiger partial charge in [-0.1, -0.05) is 25.7 Å². The molecule has 0 atom stereocenters. The van der Waals surface area contributed by atoms with E-state index in [1.54, 1.807) is 19.1 Å². The lowest BCUT2D eigenvalue weighted by molar-refractivity contribution is 0.0522. The van der Waals surface area contributed by atoms with E-state index in [0.717, 1.165) is 23.3 Å².